The van der Waals surface area contributed by atoms with Crippen molar-refractivity contribution in [3.8, 4) is 0 Å². The standard InChI is InChI=1S/C12H26N2O/c1-10(2)12(13-3)9-14(4)8-11-6-5-7-15-11/h10-13H,5-9H2,1-4H3. The highest BCUT2D eigenvalue weighted by Gasteiger charge is 2.19. The lowest BCUT2D eigenvalue weighted by molar-refractivity contribution is 0.0769. The van der Waals surface area contributed by atoms with Crippen molar-refractivity contribution in [3.05, 3.63) is 0 Å². The van der Waals surface area contributed by atoms with Crippen molar-refractivity contribution in [2.75, 3.05) is 33.8 Å². The highest BCUT2D eigenvalue weighted by Crippen LogP contribution is 2.13. The van der Waals surface area contributed by atoms with Crippen LogP contribution >= 0.6 is 0 Å². The lowest BCUT2D eigenvalue weighted by Crippen LogP contribution is -2.43. The van der Waals surface area contributed by atoms with E-state index in [4.69, 9.17) is 4.74 Å². The number of ether oxygens (including phenoxy) is 1. The van der Waals surface area contributed by atoms with Gasteiger partial charge in [-0.1, -0.05) is 13.8 Å². The van der Waals surface area contributed by atoms with Crippen molar-refractivity contribution in [3.63, 3.8) is 0 Å². The first kappa shape index (κ1) is 12.9. The number of hydrogen-bond acceptors (Lipinski definition) is 3. The first-order valence-electron chi connectivity index (χ1n) is 6.11. The third kappa shape index (κ3) is 4.49. The molecule has 0 aromatic heterocycles. The normalized spacial score (nSPS) is 24.0. The fourth-order valence-corrected chi connectivity index (χ4v) is 2.18. The van der Waals surface area contributed by atoms with E-state index in [2.05, 4.69) is 31.1 Å². The molecule has 90 valence electrons. The van der Waals surface area contributed by atoms with E-state index >= 15 is 0 Å². The van der Waals surface area contributed by atoms with Crippen molar-refractivity contribution in [1.82, 2.24) is 10.2 Å². The number of nitrogens with one attached hydrogen (secondary N) is 1. The zero-order valence-electron chi connectivity index (χ0n) is 10.6. The van der Waals surface area contributed by atoms with Crippen LogP contribution in [0.4, 0.5) is 0 Å². The number of rotatable bonds is 6. The van der Waals surface area contributed by atoms with Gasteiger partial charge in [-0.05, 0) is 32.9 Å². The lowest BCUT2D eigenvalue weighted by atomic mass is 10.0. The van der Waals surface area contributed by atoms with Crippen molar-refractivity contribution in [2.45, 2.75) is 38.8 Å². The minimum atomic E-state index is 0.472. The summed E-state index contributed by atoms with van der Waals surface area (Å²) in [6, 6.07) is 0.580. The van der Waals surface area contributed by atoms with Gasteiger partial charge in [-0.2, -0.15) is 0 Å². The Hall–Kier alpha value is -0.120. The van der Waals surface area contributed by atoms with Crippen LogP contribution < -0.4 is 5.32 Å². The van der Waals surface area contributed by atoms with Crippen LogP contribution in [0.1, 0.15) is 26.7 Å². The Kier molecular flexibility index (Phi) is 5.58. The maximum absolute atomic E-state index is 5.64. The summed E-state index contributed by atoms with van der Waals surface area (Å²) in [7, 11) is 4.24. The van der Waals surface area contributed by atoms with E-state index in [0.717, 1.165) is 19.7 Å². The highest BCUT2D eigenvalue weighted by atomic mass is 16.5. The van der Waals surface area contributed by atoms with Gasteiger partial charge in [0, 0.05) is 25.7 Å². The van der Waals surface area contributed by atoms with Gasteiger partial charge in [-0.3, -0.25) is 0 Å². The zero-order chi connectivity index (χ0) is 11.3. The molecule has 0 bridgehead atoms. The molecule has 0 saturated carbocycles. The Morgan fingerprint density at radius 3 is 2.67 bits per heavy atom. The minimum Gasteiger partial charge on any atom is -0.377 e. The summed E-state index contributed by atoms with van der Waals surface area (Å²) in [5, 5.41) is 3.37. The molecule has 0 aliphatic carbocycles. The van der Waals surface area contributed by atoms with Crippen molar-refractivity contribution < 1.29 is 4.74 Å². The second-order valence-electron chi connectivity index (χ2n) is 5.00. The van der Waals surface area contributed by atoms with Crippen molar-refractivity contribution in [1.29, 1.82) is 0 Å². The van der Waals surface area contributed by atoms with Gasteiger partial charge in [-0.25, -0.2) is 0 Å². The van der Waals surface area contributed by atoms with Crippen LogP contribution in [-0.4, -0.2) is 50.8 Å². The topological polar surface area (TPSA) is 24.5 Å². The van der Waals surface area contributed by atoms with E-state index in [1.807, 2.05) is 7.05 Å². The summed E-state index contributed by atoms with van der Waals surface area (Å²) in [4.78, 5) is 2.39. The summed E-state index contributed by atoms with van der Waals surface area (Å²) in [5.74, 6) is 0.682. The fraction of sp³-hybridized carbons (Fsp3) is 1.00. The van der Waals surface area contributed by atoms with Crippen LogP contribution in [-0.2, 0) is 4.74 Å². The molecule has 2 unspecified atom stereocenters. The summed E-state index contributed by atoms with van der Waals surface area (Å²) in [6.45, 7) is 7.67. The van der Waals surface area contributed by atoms with Gasteiger partial charge in [0.25, 0.3) is 0 Å². The highest BCUT2D eigenvalue weighted by molar-refractivity contribution is 4.75. The third-order valence-electron chi connectivity index (χ3n) is 3.22. The minimum absolute atomic E-state index is 0.472. The molecule has 0 radical (unpaired) electrons. The summed E-state index contributed by atoms with van der Waals surface area (Å²) >= 11 is 0. The van der Waals surface area contributed by atoms with Gasteiger partial charge in [0.1, 0.15) is 0 Å². The van der Waals surface area contributed by atoms with Crippen LogP contribution in [0, 0.1) is 5.92 Å². The smallest absolute Gasteiger partial charge is 0.0702 e. The molecule has 1 saturated heterocycles. The predicted octanol–water partition coefficient (Wildman–Crippen LogP) is 1.34. The third-order valence-corrected chi connectivity index (χ3v) is 3.22. The second kappa shape index (κ2) is 6.46. The molecule has 1 N–H and O–H groups in total. The fourth-order valence-electron chi connectivity index (χ4n) is 2.18. The molecule has 3 heteroatoms. The Morgan fingerprint density at radius 1 is 1.47 bits per heavy atom. The largest absolute Gasteiger partial charge is 0.377 e. The first-order valence-corrected chi connectivity index (χ1v) is 6.11. The molecule has 1 fully saturated rings. The van der Waals surface area contributed by atoms with E-state index in [-0.39, 0.29) is 0 Å². The second-order valence-corrected chi connectivity index (χ2v) is 5.00. The van der Waals surface area contributed by atoms with E-state index in [1.54, 1.807) is 0 Å². The average molecular weight is 214 g/mol. The molecular weight excluding hydrogens is 188 g/mol. The maximum Gasteiger partial charge on any atom is 0.0702 e. The molecule has 1 aliphatic heterocycles. The Morgan fingerprint density at radius 2 is 2.20 bits per heavy atom. The molecule has 1 aliphatic rings. The Labute approximate surface area is 94.2 Å². The maximum atomic E-state index is 5.64. The Bertz CT molecular complexity index is 167. The summed E-state index contributed by atoms with van der Waals surface area (Å²) in [5.41, 5.74) is 0. The Balaban J connectivity index is 2.23. The van der Waals surface area contributed by atoms with Crippen LogP contribution in [0.5, 0.6) is 0 Å². The van der Waals surface area contributed by atoms with Crippen LogP contribution in [0.15, 0.2) is 0 Å². The number of likely N-dealkylation sites (N-methyl/N-ethyl adjacent to an activating group) is 2. The van der Waals surface area contributed by atoms with Crippen LogP contribution in [0.25, 0.3) is 0 Å². The summed E-state index contributed by atoms with van der Waals surface area (Å²) in [6.07, 6.45) is 2.94. The van der Waals surface area contributed by atoms with Gasteiger partial charge in [-0.15, -0.1) is 0 Å². The van der Waals surface area contributed by atoms with Gasteiger partial charge < -0.3 is 15.0 Å². The van der Waals surface area contributed by atoms with E-state index < -0.39 is 0 Å². The molecule has 15 heavy (non-hydrogen) atoms. The molecule has 3 nitrogen and oxygen atoms in total. The molecule has 0 spiro atoms. The van der Waals surface area contributed by atoms with Gasteiger partial charge >= 0.3 is 0 Å². The van der Waals surface area contributed by atoms with Crippen molar-refractivity contribution >= 4 is 0 Å². The quantitative estimate of drug-likeness (QED) is 0.722. The van der Waals surface area contributed by atoms with Gasteiger partial charge in [0.05, 0.1) is 6.10 Å². The predicted molar refractivity (Wildman–Crippen MR) is 64.2 cm³/mol. The van der Waals surface area contributed by atoms with Gasteiger partial charge in [0.2, 0.25) is 0 Å². The SMILES string of the molecule is CNC(CN(C)CC1CCCO1)C(C)C. The van der Waals surface area contributed by atoms with Gasteiger partial charge in [0.15, 0.2) is 0 Å². The molecule has 0 aromatic carbocycles. The van der Waals surface area contributed by atoms with E-state index in [0.29, 0.717) is 18.1 Å². The average Bonchev–Trinajstić information content (AvgIpc) is 2.66. The molecule has 1 heterocycles. The summed E-state index contributed by atoms with van der Waals surface area (Å²) < 4.78 is 5.64. The zero-order valence-corrected chi connectivity index (χ0v) is 10.6. The van der Waals surface area contributed by atoms with E-state index in [9.17, 15) is 0 Å². The van der Waals surface area contributed by atoms with Crippen LogP contribution in [0.2, 0.25) is 0 Å². The number of hydrogen-bond donors (Lipinski definition) is 1. The van der Waals surface area contributed by atoms with E-state index in [1.165, 1.54) is 12.8 Å². The molecule has 0 aromatic rings. The monoisotopic (exact) mass is 214 g/mol. The first-order chi connectivity index (χ1) is 7.13. The molecule has 1 rings (SSSR count). The lowest BCUT2D eigenvalue weighted by Gasteiger charge is -2.28. The number of nitrogens with zero attached hydrogens (tertiary/aromatic N) is 1. The van der Waals surface area contributed by atoms with Crippen molar-refractivity contribution in [2.24, 2.45) is 5.92 Å². The molecular formula is C12H26N2O. The molecule has 0 amide bonds. The molecule has 2 atom stereocenters. The van der Waals surface area contributed by atoms with Crippen LogP contribution in [0.3, 0.4) is 0 Å².